The number of hydrogen-bond donors (Lipinski definition) is 1. The number of thioether (sulfide) groups is 1. The zero-order chi connectivity index (χ0) is 18.8. The maximum atomic E-state index is 12.6. The number of nitrogens with two attached hydrogens (primary N) is 1. The Balaban J connectivity index is 1.63. The van der Waals surface area contributed by atoms with Gasteiger partial charge in [0.25, 0.3) is 0 Å². The van der Waals surface area contributed by atoms with Crippen LogP contribution in [0.4, 0.5) is 5.82 Å². The molecule has 0 spiro atoms. The topological polar surface area (TPSA) is 96.4 Å². The average molecular weight is 381 g/mol. The molecule has 0 amide bonds. The maximum Gasteiger partial charge on any atom is 0.351 e. The first kappa shape index (κ1) is 19.2. The fourth-order valence-electron chi connectivity index (χ4n) is 3.76. The lowest BCUT2D eigenvalue weighted by Gasteiger charge is -2.37. The van der Waals surface area contributed by atoms with Crippen LogP contribution in [0.5, 0.6) is 0 Å². The summed E-state index contributed by atoms with van der Waals surface area (Å²) in [6.45, 7) is 6.56. The van der Waals surface area contributed by atoms with Crippen LogP contribution in [-0.2, 0) is 14.3 Å². The van der Waals surface area contributed by atoms with E-state index in [1.165, 1.54) is 28.8 Å². The lowest BCUT2D eigenvalue weighted by molar-refractivity contribution is -0.166. The van der Waals surface area contributed by atoms with E-state index < -0.39 is 17.4 Å². The van der Waals surface area contributed by atoms with Crippen molar-refractivity contribution < 1.29 is 14.3 Å². The van der Waals surface area contributed by atoms with Crippen LogP contribution >= 0.6 is 11.8 Å². The summed E-state index contributed by atoms with van der Waals surface area (Å²) >= 11 is 1.35. The summed E-state index contributed by atoms with van der Waals surface area (Å²) in [5.41, 5.74) is 4.32. The minimum atomic E-state index is -0.713. The quantitative estimate of drug-likeness (QED) is 0.800. The highest BCUT2D eigenvalue weighted by Gasteiger charge is 2.38. The van der Waals surface area contributed by atoms with Crippen LogP contribution in [0.3, 0.4) is 0 Å². The Bertz CT molecular complexity index is 708. The molecule has 0 radical (unpaired) electrons. The van der Waals surface area contributed by atoms with E-state index in [-0.39, 0.29) is 17.9 Å². The Kier molecular flexibility index (Phi) is 5.92. The van der Waals surface area contributed by atoms with Crippen LogP contribution in [-0.4, -0.2) is 32.8 Å². The predicted molar refractivity (Wildman–Crippen MR) is 101 cm³/mol. The van der Waals surface area contributed by atoms with Gasteiger partial charge in [0.15, 0.2) is 0 Å². The molecular formula is C18H27N3O4S. The Labute approximate surface area is 157 Å². The van der Waals surface area contributed by atoms with Crippen molar-refractivity contribution in [2.75, 3.05) is 11.5 Å². The van der Waals surface area contributed by atoms with Crippen molar-refractivity contribution in [1.29, 1.82) is 0 Å². The van der Waals surface area contributed by atoms with Crippen molar-refractivity contribution in [3.8, 4) is 0 Å². The number of carbonyl (C=O) groups is 1. The molecule has 1 saturated carbocycles. The fourth-order valence-corrected chi connectivity index (χ4v) is 4.74. The third kappa shape index (κ3) is 4.23. The van der Waals surface area contributed by atoms with E-state index in [1.54, 1.807) is 6.20 Å². The minimum absolute atomic E-state index is 0.0598. The summed E-state index contributed by atoms with van der Waals surface area (Å²) in [6.07, 6.45) is 4.11. The number of ether oxygens (including phenoxy) is 2. The second kappa shape index (κ2) is 8.00. The van der Waals surface area contributed by atoms with Crippen molar-refractivity contribution in [3.63, 3.8) is 0 Å². The van der Waals surface area contributed by atoms with Gasteiger partial charge in [-0.2, -0.15) is 4.98 Å². The monoisotopic (exact) mass is 381 g/mol. The molecule has 26 heavy (non-hydrogen) atoms. The highest BCUT2D eigenvalue weighted by Crippen LogP contribution is 2.37. The van der Waals surface area contributed by atoms with Gasteiger partial charge in [-0.15, -0.1) is 11.8 Å². The Morgan fingerprint density at radius 3 is 2.92 bits per heavy atom. The summed E-state index contributed by atoms with van der Waals surface area (Å²) < 4.78 is 13.0. The number of esters is 1. The largest absolute Gasteiger partial charge is 0.459 e. The lowest BCUT2D eigenvalue weighted by Crippen LogP contribution is -2.38. The maximum absolute atomic E-state index is 12.6. The summed E-state index contributed by atoms with van der Waals surface area (Å²) in [4.78, 5) is 28.3. The molecule has 1 saturated heterocycles. The van der Waals surface area contributed by atoms with Gasteiger partial charge in [0.05, 0.1) is 0 Å². The Hall–Kier alpha value is -1.54. The average Bonchev–Trinajstić information content (AvgIpc) is 3.04. The van der Waals surface area contributed by atoms with Crippen LogP contribution < -0.4 is 11.4 Å². The molecule has 1 aliphatic heterocycles. The molecular weight excluding hydrogens is 354 g/mol. The first-order chi connectivity index (χ1) is 12.3. The van der Waals surface area contributed by atoms with Gasteiger partial charge < -0.3 is 15.2 Å². The molecule has 1 aliphatic carbocycles. The van der Waals surface area contributed by atoms with Crippen molar-refractivity contribution in [2.45, 2.75) is 57.8 Å². The van der Waals surface area contributed by atoms with E-state index >= 15 is 0 Å². The normalized spacial score (nSPS) is 31.9. The molecule has 0 aromatic carbocycles. The number of rotatable bonds is 4. The van der Waals surface area contributed by atoms with Crippen molar-refractivity contribution in [1.82, 2.24) is 9.55 Å². The van der Waals surface area contributed by atoms with Crippen LogP contribution in [0.25, 0.3) is 0 Å². The summed E-state index contributed by atoms with van der Waals surface area (Å²) in [7, 11) is 0. The van der Waals surface area contributed by atoms with E-state index in [9.17, 15) is 9.59 Å². The number of carbonyl (C=O) groups excluding carboxylic acids is 1. The zero-order valence-electron chi connectivity index (χ0n) is 15.5. The molecule has 1 aromatic rings. The highest BCUT2D eigenvalue weighted by molar-refractivity contribution is 8.00. The van der Waals surface area contributed by atoms with Gasteiger partial charge in [-0.25, -0.2) is 9.59 Å². The molecule has 2 aliphatic rings. The molecule has 5 atom stereocenters. The van der Waals surface area contributed by atoms with Crippen molar-refractivity contribution in [2.24, 2.45) is 17.8 Å². The molecule has 2 fully saturated rings. The van der Waals surface area contributed by atoms with Gasteiger partial charge in [0.2, 0.25) is 5.44 Å². The van der Waals surface area contributed by atoms with Crippen molar-refractivity contribution >= 4 is 23.5 Å². The van der Waals surface area contributed by atoms with E-state index in [1.807, 2.05) is 0 Å². The molecule has 2 N–H and O–H groups in total. The predicted octanol–water partition coefficient (Wildman–Crippen LogP) is 2.42. The minimum Gasteiger partial charge on any atom is -0.459 e. The van der Waals surface area contributed by atoms with E-state index in [0.29, 0.717) is 23.5 Å². The third-order valence-corrected chi connectivity index (χ3v) is 6.34. The van der Waals surface area contributed by atoms with Crippen LogP contribution in [0.15, 0.2) is 17.1 Å². The summed E-state index contributed by atoms with van der Waals surface area (Å²) in [5, 5.41) is 0. The summed E-state index contributed by atoms with van der Waals surface area (Å²) in [5.74, 6) is 1.73. The highest BCUT2D eigenvalue weighted by atomic mass is 32.2. The number of aromatic nitrogens is 2. The van der Waals surface area contributed by atoms with E-state index in [4.69, 9.17) is 15.2 Å². The lowest BCUT2D eigenvalue weighted by atomic mass is 9.75. The Morgan fingerprint density at radius 1 is 1.46 bits per heavy atom. The van der Waals surface area contributed by atoms with Gasteiger partial charge in [-0.1, -0.05) is 27.2 Å². The van der Waals surface area contributed by atoms with E-state index in [0.717, 1.165) is 12.8 Å². The molecule has 0 bridgehead atoms. The third-order valence-electron chi connectivity index (χ3n) is 5.25. The van der Waals surface area contributed by atoms with Crippen LogP contribution in [0.1, 0.15) is 46.3 Å². The van der Waals surface area contributed by atoms with Crippen LogP contribution in [0.2, 0.25) is 0 Å². The first-order valence-corrected chi connectivity index (χ1v) is 10.2. The second-order valence-corrected chi connectivity index (χ2v) is 8.69. The zero-order valence-corrected chi connectivity index (χ0v) is 16.3. The number of anilines is 1. The number of nitrogen functional groups attached to an aromatic ring is 1. The molecule has 2 heterocycles. The van der Waals surface area contributed by atoms with Gasteiger partial charge in [-0.3, -0.25) is 4.57 Å². The molecule has 8 heteroatoms. The second-order valence-electron chi connectivity index (χ2n) is 7.60. The molecule has 7 nitrogen and oxygen atoms in total. The first-order valence-electron chi connectivity index (χ1n) is 9.17. The molecule has 3 rings (SSSR count). The van der Waals surface area contributed by atoms with Gasteiger partial charge >= 0.3 is 11.7 Å². The standard InChI is InChI=1S/C18H27N3O4S/c1-10(2)12-5-4-11(3)8-13(12)24-16(22)17-25-15(9-26-17)21-7-6-14(19)20-18(21)23/h6-7,10-13,15,17H,4-5,8-9H2,1-3H3,(H2,19,20,23)/t11-,12+,13+,15+,17-/m1/s1. The SMILES string of the molecule is CC(C)[C@@H]1CC[C@@H](C)C[C@@H]1OC(=O)[C@@H]1O[C@H](n2ccc(N)nc2=O)CS1. The number of hydrogen-bond acceptors (Lipinski definition) is 7. The van der Waals surface area contributed by atoms with Crippen molar-refractivity contribution in [3.05, 3.63) is 22.7 Å². The molecule has 144 valence electrons. The smallest absolute Gasteiger partial charge is 0.351 e. The fraction of sp³-hybridized carbons (Fsp3) is 0.722. The summed E-state index contributed by atoms with van der Waals surface area (Å²) in [6, 6.07) is 1.54. The molecule has 1 aromatic heterocycles. The Morgan fingerprint density at radius 2 is 2.23 bits per heavy atom. The van der Waals surface area contributed by atoms with E-state index in [2.05, 4.69) is 25.8 Å². The van der Waals surface area contributed by atoms with Gasteiger partial charge in [-0.05, 0) is 36.7 Å². The molecule has 0 unspecified atom stereocenters. The van der Waals surface area contributed by atoms with Gasteiger partial charge in [0.1, 0.15) is 18.1 Å². The van der Waals surface area contributed by atoms with Gasteiger partial charge in [0, 0.05) is 11.9 Å². The number of nitrogens with zero attached hydrogens (tertiary/aromatic N) is 2. The van der Waals surface area contributed by atoms with Crippen LogP contribution in [0, 0.1) is 17.8 Å².